The fraction of sp³-hybridized carbons (Fsp3) is 0.0455. The molecule has 3 aromatic carbocycles. The van der Waals surface area contributed by atoms with Crippen molar-refractivity contribution in [3.05, 3.63) is 81.3 Å². The van der Waals surface area contributed by atoms with E-state index in [9.17, 15) is 14.4 Å². The predicted octanol–water partition coefficient (Wildman–Crippen LogP) is 4.48. The Kier molecular flexibility index (Phi) is 5.44. The van der Waals surface area contributed by atoms with Crippen LogP contribution in [0.2, 0.25) is 10.0 Å². The molecule has 1 fully saturated rings. The summed E-state index contributed by atoms with van der Waals surface area (Å²) in [6, 6.07) is 16.1. The lowest BCUT2D eigenvalue weighted by molar-refractivity contribution is -0.123. The zero-order chi connectivity index (χ0) is 21.3. The van der Waals surface area contributed by atoms with Gasteiger partial charge in [0.1, 0.15) is 12.2 Å². The molecule has 4 rings (SSSR count). The van der Waals surface area contributed by atoms with Gasteiger partial charge in [-0.05, 0) is 40.1 Å². The Bertz CT molecular complexity index is 1190. The normalized spacial score (nSPS) is 13.8. The molecular weight excluding hydrogens is 427 g/mol. The van der Waals surface area contributed by atoms with Crippen molar-refractivity contribution < 1.29 is 19.1 Å². The number of carbonyl (C=O) groups is 3. The summed E-state index contributed by atoms with van der Waals surface area (Å²) in [5.41, 5.74) is 1.16. The molecule has 30 heavy (non-hydrogen) atoms. The highest BCUT2D eigenvalue weighted by molar-refractivity contribution is 6.37. The van der Waals surface area contributed by atoms with Crippen LogP contribution >= 0.6 is 23.2 Å². The summed E-state index contributed by atoms with van der Waals surface area (Å²) in [5.74, 6) is -1.30. The Morgan fingerprint density at radius 2 is 1.50 bits per heavy atom. The molecule has 0 unspecified atom stereocenters. The van der Waals surface area contributed by atoms with Gasteiger partial charge in [0.25, 0.3) is 11.8 Å². The Hall–Kier alpha value is -3.35. The summed E-state index contributed by atoms with van der Waals surface area (Å²) in [6.07, 6.45) is 1.29. The number of nitrogens with one attached hydrogen (secondary N) is 2. The third kappa shape index (κ3) is 4.01. The van der Waals surface area contributed by atoms with E-state index in [0.29, 0.717) is 11.3 Å². The lowest BCUT2D eigenvalue weighted by atomic mass is 10.1. The van der Waals surface area contributed by atoms with Gasteiger partial charge < -0.3 is 4.74 Å². The Morgan fingerprint density at radius 3 is 2.20 bits per heavy atom. The number of hydrogen-bond donors (Lipinski definition) is 2. The van der Waals surface area contributed by atoms with Crippen LogP contribution in [-0.2, 0) is 16.2 Å². The minimum Gasteiger partial charge on any atom is -0.486 e. The molecule has 0 aromatic heterocycles. The Labute approximate surface area is 181 Å². The number of benzene rings is 3. The first-order chi connectivity index (χ1) is 14.4. The number of barbiturate groups is 1. The van der Waals surface area contributed by atoms with Crippen molar-refractivity contribution in [2.24, 2.45) is 0 Å². The van der Waals surface area contributed by atoms with Crippen LogP contribution < -0.4 is 15.4 Å². The quantitative estimate of drug-likeness (QED) is 0.462. The molecule has 0 saturated carbocycles. The van der Waals surface area contributed by atoms with E-state index in [4.69, 9.17) is 27.9 Å². The summed E-state index contributed by atoms with van der Waals surface area (Å²) in [7, 11) is 0. The molecule has 3 aromatic rings. The van der Waals surface area contributed by atoms with Crippen LogP contribution in [0, 0.1) is 0 Å². The monoisotopic (exact) mass is 440 g/mol. The first kappa shape index (κ1) is 19.9. The van der Waals surface area contributed by atoms with Gasteiger partial charge in [-0.25, -0.2) is 4.79 Å². The minimum absolute atomic E-state index is 0.224. The number of fused-ring (bicyclic) bond motifs is 1. The molecule has 4 amide bonds. The highest BCUT2D eigenvalue weighted by atomic mass is 35.5. The molecule has 1 aliphatic rings. The maximum atomic E-state index is 11.9. The molecule has 0 aliphatic carbocycles. The number of rotatable bonds is 4. The van der Waals surface area contributed by atoms with Gasteiger partial charge in [0, 0.05) is 0 Å². The zero-order valence-electron chi connectivity index (χ0n) is 15.4. The van der Waals surface area contributed by atoms with Crippen LogP contribution in [0.1, 0.15) is 11.1 Å². The summed E-state index contributed by atoms with van der Waals surface area (Å²) < 4.78 is 5.88. The van der Waals surface area contributed by atoms with Gasteiger partial charge in [-0.15, -0.1) is 0 Å². The number of carbonyl (C=O) groups excluding carboxylic acids is 3. The van der Waals surface area contributed by atoms with Crippen molar-refractivity contribution in [3.8, 4) is 5.75 Å². The third-order valence-electron chi connectivity index (χ3n) is 4.53. The van der Waals surface area contributed by atoms with Gasteiger partial charge in [-0.1, -0.05) is 65.7 Å². The number of halogens is 2. The first-order valence-corrected chi connectivity index (χ1v) is 9.65. The second-order valence-electron chi connectivity index (χ2n) is 6.54. The van der Waals surface area contributed by atoms with Crippen LogP contribution in [0.3, 0.4) is 0 Å². The summed E-state index contributed by atoms with van der Waals surface area (Å²) in [4.78, 5) is 34.9. The molecule has 0 atom stereocenters. The van der Waals surface area contributed by atoms with Crippen LogP contribution in [-0.4, -0.2) is 17.8 Å². The van der Waals surface area contributed by atoms with E-state index >= 15 is 0 Å². The molecule has 2 N–H and O–H groups in total. The number of imide groups is 2. The van der Waals surface area contributed by atoms with Crippen LogP contribution in [0.25, 0.3) is 16.8 Å². The van der Waals surface area contributed by atoms with Crippen LogP contribution in [0.4, 0.5) is 4.79 Å². The number of hydrogen-bond acceptors (Lipinski definition) is 4. The molecule has 1 saturated heterocycles. The van der Waals surface area contributed by atoms with E-state index in [1.165, 1.54) is 18.2 Å². The van der Waals surface area contributed by atoms with Gasteiger partial charge in [-0.2, -0.15) is 0 Å². The van der Waals surface area contributed by atoms with Gasteiger partial charge in [-0.3, -0.25) is 20.2 Å². The average molecular weight is 441 g/mol. The smallest absolute Gasteiger partial charge is 0.328 e. The molecule has 0 spiro atoms. The van der Waals surface area contributed by atoms with E-state index in [2.05, 4.69) is 0 Å². The molecule has 150 valence electrons. The number of amides is 4. The van der Waals surface area contributed by atoms with Gasteiger partial charge in [0.2, 0.25) is 0 Å². The SMILES string of the molecule is O=C1NC(=O)C(=Cc2cc(Cl)c(OCc3cccc4ccccc34)c(Cl)c2)C(=O)N1. The fourth-order valence-electron chi connectivity index (χ4n) is 3.14. The lowest BCUT2D eigenvalue weighted by Crippen LogP contribution is -2.51. The van der Waals surface area contributed by atoms with Crippen LogP contribution in [0.15, 0.2) is 60.2 Å². The second kappa shape index (κ2) is 8.18. The van der Waals surface area contributed by atoms with Crippen molar-refractivity contribution >= 4 is 57.9 Å². The van der Waals surface area contributed by atoms with E-state index in [-0.39, 0.29) is 22.2 Å². The standard InChI is InChI=1S/C22H14Cl2N2O4/c23-17-9-12(8-16-20(27)25-22(29)26-21(16)28)10-18(24)19(17)30-11-14-6-3-5-13-4-1-2-7-15(13)14/h1-10H,11H2,(H2,25,26,27,28,29). The van der Waals surface area contributed by atoms with E-state index in [1.807, 2.05) is 53.1 Å². The molecule has 0 bridgehead atoms. The average Bonchev–Trinajstić information content (AvgIpc) is 2.70. The number of urea groups is 1. The van der Waals surface area contributed by atoms with Crippen molar-refractivity contribution in [1.82, 2.24) is 10.6 Å². The third-order valence-corrected chi connectivity index (χ3v) is 5.09. The first-order valence-electron chi connectivity index (χ1n) is 8.89. The summed E-state index contributed by atoms with van der Waals surface area (Å²) in [6.45, 7) is 0.258. The minimum atomic E-state index is -0.865. The maximum absolute atomic E-state index is 11.9. The van der Waals surface area contributed by atoms with Crippen LogP contribution in [0.5, 0.6) is 5.75 Å². The van der Waals surface area contributed by atoms with E-state index in [1.54, 1.807) is 0 Å². The summed E-state index contributed by atoms with van der Waals surface area (Å²) in [5, 5.41) is 6.62. The second-order valence-corrected chi connectivity index (χ2v) is 7.35. The van der Waals surface area contributed by atoms with Crippen molar-refractivity contribution in [1.29, 1.82) is 0 Å². The Morgan fingerprint density at radius 1 is 0.867 bits per heavy atom. The topological polar surface area (TPSA) is 84.5 Å². The molecule has 0 radical (unpaired) electrons. The molecule has 6 nitrogen and oxygen atoms in total. The van der Waals surface area contributed by atoms with Gasteiger partial charge >= 0.3 is 6.03 Å². The summed E-state index contributed by atoms with van der Waals surface area (Å²) >= 11 is 12.7. The van der Waals surface area contributed by atoms with Gasteiger partial charge in [0.05, 0.1) is 10.0 Å². The van der Waals surface area contributed by atoms with Crippen molar-refractivity contribution in [3.63, 3.8) is 0 Å². The Balaban J connectivity index is 1.59. The molecule has 1 aliphatic heterocycles. The molecular formula is C22H14Cl2N2O4. The van der Waals surface area contributed by atoms with Gasteiger partial charge in [0.15, 0.2) is 5.75 Å². The van der Waals surface area contributed by atoms with Crippen molar-refractivity contribution in [2.45, 2.75) is 6.61 Å². The van der Waals surface area contributed by atoms with Crippen molar-refractivity contribution in [2.75, 3.05) is 0 Å². The van der Waals surface area contributed by atoms with E-state index < -0.39 is 17.8 Å². The highest BCUT2D eigenvalue weighted by Crippen LogP contribution is 2.36. The predicted molar refractivity (Wildman–Crippen MR) is 114 cm³/mol. The maximum Gasteiger partial charge on any atom is 0.328 e. The molecule has 1 heterocycles. The fourth-order valence-corrected chi connectivity index (χ4v) is 3.76. The lowest BCUT2D eigenvalue weighted by Gasteiger charge is -2.15. The highest BCUT2D eigenvalue weighted by Gasteiger charge is 2.27. The van der Waals surface area contributed by atoms with E-state index in [0.717, 1.165) is 16.3 Å². The largest absolute Gasteiger partial charge is 0.486 e. The number of ether oxygens (including phenoxy) is 1. The zero-order valence-corrected chi connectivity index (χ0v) is 16.9. The molecule has 8 heteroatoms.